The number of nitrogens with zero attached hydrogens (tertiary/aromatic N) is 3. The molecule has 0 spiro atoms. The third-order valence-electron chi connectivity index (χ3n) is 5.25. The maximum Gasteiger partial charge on any atom is 0.184 e. The van der Waals surface area contributed by atoms with E-state index in [9.17, 15) is 18.0 Å². The Balaban J connectivity index is 1.86. The Morgan fingerprint density at radius 1 is 1.17 bits per heavy atom. The van der Waals surface area contributed by atoms with Crippen LogP contribution in [0.5, 0.6) is 5.75 Å². The Kier molecular flexibility index (Phi) is 4.20. The maximum absolute atomic E-state index is 12.7. The minimum atomic E-state index is -3.41. The molecule has 0 saturated carbocycles. The number of rotatable bonds is 3. The van der Waals surface area contributed by atoms with E-state index >= 15 is 0 Å². The van der Waals surface area contributed by atoms with Gasteiger partial charge in [-0.3, -0.25) is 14.6 Å². The molecule has 1 aromatic rings. The van der Waals surface area contributed by atoms with E-state index in [0.717, 1.165) is 6.26 Å². The van der Waals surface area contributed by atoms with Crippen LogP contribution in [0.15, 0.2) is 49.3 Å². The van der Waals surface area contributed by atoms with Crippen molar-refractivity contribution in [2.75, 3.05) is 13.4 Å². The van der Waals surface area contributed by atoms with Crippen LogP contribution in [0.3, 0.4) is 0 Å². The number of hydrogen-bond donors (Lipinski definition) is 0. The van der Waals surface area contributed by atoms with Crippen LogP contribution < -0.4 is 4.74 Å². The molecular weight excluding hydrogens is 394 g/mol. The van der Waals surface area contributed by atoms with Crippen molar-refractivity contribution in [3.05, 3.63) is 35.0 Å². The number of carbonyl (C=O) groups is 2. The highest BCUT2D eigenvalue weighted by Gasteiger charge is 2.45. The van der Waals surface area contributed by atoms with E-state index in [2.05, 4.69) is 15.0 Å². The molecule has 1 aromatic carbocycles. The Bertz CT molecular complexity index is 1200. The van der Waals surface area contributed by atoms with Crippen molar-refractivity contribution in [2.45, 2.75) is 30.7 Å². The van der Waals surface area contributed by atoms with Gasteiger partial charge in [0.15, 0.2) is 27.2 Å². The van der Waals surface area contributed by atoms with Crippen molar-refractivity contribution in [1.29, 1.82) is 0 Å². The molecule has 9 heteroatoms. The average molecular weight is 413 g/mol. The summed E-state index contributed by atoms with van der Waals surface area (Å²) in [5.41, 5.74) is 0.718. The maximum atomic E-state index is 12.7. The van der Waals surface area contributed by atoms with Gasteiger partial charge in [0.2, 0.25) is 0 Å². The molecule has 0 aromatic heterocycles. The normalized spacial score (nSPS) is 22.8. The van der Waals surface area contributed by atoms with Crippen LogP contribution in [-0.2, 0) is 19.4 Å². The average Bonchev–Trinajstić information content (AvgIpc) is 3.10. The summed E-state index contributed by atoms with van der Waals surface area (Å²) >= 11 is 0. The van der Waals surface area contributed by atoms with Crippen LogP contribution in [0.25, 0.3) is 0 Å². The monoisotopic (exact) mass is 413 g/mol. The van der Waals surface area contributed by atoms with Crippen LogP contribution in [0, 0.1) is 5.92 Å². The number of carbonyl (C=O) groups excluding carboxylic acids is 2. The number of hydrogen-bond acceptors (Lipinski definition) is 8. The number of ether oxygens (including phenoxy) is 1. The van der Waals surface area contributed by atoms with Gasteiger partial charge in [0.25, 0.3) is 0 Å². The number of allylic oxidation sites excluding steroid dienone is 2. The van der Waals surface area contributed by atoms with Crippen LogP contribution in [0.1, 0.15) is 25.8 Å². The fourth-order valence-electron chi connectivity index (χ4n) is 3.61. The molecule has 0 N–H and O–H groups in total. The lowest BCUT2D eigenvalue weighted by Gasteiger charge is -2.32. The molecule has 4 rings (SSSR count). The quantitative estimate of drug-likeness (QED) is 0.746. The summed E-state index contributed by atoms with van der Waals surface area (Å²) < 4.78 is 28.9. The van der Waals surface area contributed by atoms with Gasteiger partial charge in [-0.2, -0.15) is 0 Å². The molecule has 8 nitrogen and oxygen atoms in total. The molecule has 2 aliphatic heterocycles. The fraction of sp³-hybridized carbons (Fsp3) is 0.350. The van der Waals surface area contributed by atoms with E-state index < -0.39 is 21.3 Å². The molecule has 0 saturated heterocycles. The first-order valence-corrected chi connectivity index (χ1v) is 10.8. The van der Waals surface area contributed by atoms with Gasteiger partial charge < -0.3 is 4.74 Å². The molecule has 2 heterocycles. The number of amidine groups is 1. The third-order valence-corrected chi connectivity index (χ3v) is 6.36. The number of benzene rings is 1. The zero-order valence-corrected chi connectivity index (χ0v) is 17.2. The molecule has 0 fully saturated rings. The lowest BCUT2D eigenvalue weighted by Crippen LogP contribution is -2.44. The topological polar surface area (TPSA) is 115 Å². The zero-order valence-electron chi connectivity index (χ0n) is 16.4. The first-order valence-electron chi connectivity index (χ1n) is 8.96. The summed E-state index contributed by atoms with van der Waals surface area (Å²) in [4.78, 5) is 38.7. The summed E-state index contributed by atoms with van der Waals surface area (Å²) in [6.07, 6.45) is 2.76. The van der Waals surface area contributed by atoms with Gasteiger partial charge in [0.1, 0.15) is 22.7 Å². The van der Waals surface area contributed by atoms with Crippen LogP contribution >= 0.6 is 0 Å². The number of ketones is 2. The second-order valence-electron chi connectivity index (χ2n) is 7.70. The van der Waals surface area contributed by atoms with E-state index in [1.54, 1.807) is 26.1 Å². The van der Waals surface area contributed by atoms with Gasteiger partial charge in [-0.1, -0.05) is 0 Å². The molecule has 29 heavy (non-hydrogen) atoms. The van der Waals surface area contributed by atoms with E-state index in [-0.39, 0.29) is 40.2 Å². The van der Waals surface area contributed by atoms with Crippen LogP contribution in [-0.4, -0.2) is 56.7 Å². The lowest BCUT2D eigenvalue weighted by atomic mass is 9.74. The first-order chi connectivity index (χ1) is 13.5. The third kappa shape index (κ3) is 3.05. The minimum Gasteiger partial charge on any atom is -0.496 e. The number of aliphatic imine (C=N–C) groups is 3. The highest BCUT2D eigenvalue weighted by molar-refractivity contribution is 7.90. The SMILES string of the molecule is COc1cc(S(C)(=O)=O)ccc1C1=NC2=C3C=NC(C)(C)C(=O)C3CC(=O)C2=N1. The van der Waals surface area contributed by atoms with Crippen molar-refractivity contribution in [3.63, 3.8) is 0 Å². The number of sulfone groups is 1. The van der Waals surface area contributed by atoms with Crippen molar-refractivity contribution in [2.24, 2.45) is 20.9 Å². The van der Waals surface area contributed by atoms with Crippen molar-refractivity contribution < 1.29 is 22.7 Å². The largest absolute Gasteiger partial charge is 0.496 e. The van der Waals surface area contributed by atoms with Gasteiger partial charge in [-0.15, -0.1) is 0 Å². The van der Waals surface area contributed by atoms with Crippen LogP contribution in [0.2, 0.25) is 0 Å². The minimum absolute atomic E-state index is 0.0406. The second-order valence-corrected chi connectivity index (χ2v) is 9.71. The molecule has 1 atom stereocenters. The summed E-state index contributed by atoms with van der Waals surface area (Å²) in [6.45, 7) is 3.44. The van der Waals surface area contributed by atoms with Crippen molar-refractivity contribution in [1.82, 2.24) is 0 Å². The predicted molar refractivity (Wildman–Crippen MR) is 108 cm³/mol. The molecule has 1 unspecified atom stereocenters. The molecule has 150 valence electrons. The number of Topliss-reactive ketones (excluding diaryl/α,β-unsaturated/α-hetero) is 2. The lowest BCUT2D eigenvalue weighted by molar-refractivity contribution is -0.128. The van der Waals surface area contributed by atoms with Crippen molar-refractivity contribution in [3.8, 4) is 5.75 Å². The second kappa shape index (κ2) is 6.28. The van der Waals surface area contributed by atoms with Crippen LogP contribution in [0.4, 0.5) is 0 Å². The standard InChI is InChI=1S/C20H19N3O5S/c1-20(2)18(25)12-8-14(24)17-16(13(12)9-21-20)22-19(23-17)11-6-5-10(29(4,26)27)7-15(11)28-3/h5-7,9,12H,8H2,1-4H3. The predicted octanol–water partition coefficient (Wildman–Crippen LogP) is 1.58. The summed E-state index contributed by atoms with van der Waals surface area (Å²) in [7, 11) is -2.00. The first kappa shape index (κ1) is 19.4. The smallest absolute Gasteiger partial charge is 0.184 e. The van der Waals surface area contributed by atoms with Gasteiger partial charge in [-0.25, -0.2) is 18.4 Å². The summed E-state index contributed by atoms with van der Waals surface area (Å²) in [5, 5.41) is 0. The van der Waals surface area contributed by atoms with Crippen molar-refractivity contribution >= 4 is 39.2 Å². The summed E-state index contributed by atoms with van der Waals surface area (Å²) in [5.74, 6) is -0.438. The van der Waals surface area contributed by atoms with E-state index in [1.165, 1.54) is 19.2 Å². The Morgan fingerprint density at radius 2 is 1.90 bits per heavy atom. The Hall–Kier alpha value is -2.94. The number of fused-ring (bicyclic) bond motifs is 2. The Morgan fingerprint density at radius 3 is 2.55 bits per heavy atom. The molecular formula is C20H19N3O5S. The molecule has 1 aliphatic carbocycles. The summed E-state index contributed by atoms with van der Waals surface area (Å²) in [6, 6.07) is 4.38. The highest BCUT2D eigenvalue weighted by Crippen LogP contribution is 2.37. The zero-order chi connectivity index (χ0) is 21.1. The molecule has 0 bridgehead atoms. The molecule has 0 radical (unpaired) electrons. The molecule has 3 aliphatic rings. The highest BCUT2D eigenvalue weighted by atomic mass is 32.2. The van der Waals surface area contributed by atoms with E-state index in [1.807, 2.05) is 0 Å². The van der Waals surface area contributed by atoms with Gasteiger partial charge in [-0.05, 0) is 32.0 Å². The van der Waals surface area contributed by atoms with Gasteiger partial charge >= 0.3 is 0 Å². The van der Waals surface area contributed by atoms with E-state index in [0.29, 0.717) is 16.8 Å². The van der Waals surface area contributed by atoms with E-state index in [4.69, 9.17) is 4.74 Å². The molecule has 0 amide bonds. The van der Waals surface area contributed by atoms with Gasteiger partial charge in [0, 0.05) is 24.5 Å². The van der Waals surface area contributed by atoms with Gasteiger partial charge in [0.05, 0.1) is 23.5 Å². The number of methoxy groups -OCH3 is 1. The fourth-order valence-corrected chi connectivity index (χ4v) is 4.25. The Labute approximate surface area is 168 Å².